The molecule has 4 rings (SSSR count). The summed E-state index contributed by atoms with van der Waals surface area (Å²) < 4.78 is 35.4. The second-order valence-electron chi connectivity index (χ2n) is 7.08. The fraction of sp³-hybridized carbons (Fsp3) is 0.182. The minimum atomic E-state index is -0.720. The summed E-state index contributed by atoms with van der Waals surface area (Å²) in [6.07, 6.45) is 1.57. The number of aryl methyl sites for hydroxylation is 1. The van der Waals surface area contributed by atoms with Crippen molar-refractivity contribution < 1.29 is 18.1 Å². The molecule has 1 aliphatic rings. The average molecular weight is 668 g/mol. The normalized spacial score (nSPS) is 18.3. The minimum absolute atomic E-state index is 0.00805. The van der Waals surface area contributed by atoms with Crippen LogP contribution in [0, 0.1) is 11.6 Å². The molecule has 3 aromatic rings. The summed E-state index contributed by atoms with van der Waals surface area (Å²) in [5.41, 5.74) is 3.01. The second kappa shape index (κ2) is 9.88. The van der Waals surface area contributed by atoms with Crippen LogP contribution in [0.3, 0.4) is 0 Å². The Morgan fingerprint density at radius 3 is 2.37 bits per heavy atom. The molecule has 0 saturated heterocycles. The van der Waals surface area contributed by atoms with Crippen LogP contribution in [0.4, 0.5) is 8.78 Å². The predicted octanol–water partition coefficient (Wildman–Crippen LogP) is 8.66. The largest absolute Gasteiger partial charge is 0.508 e. The van der Waals surface area contributed by atoms with Gasteiger partial charge in [0.05, 0.1) is 0 Å². The van der Waals surface area contributed by atoms with Gasteiger partial charge in [0.15, 0.2) is 0 Å². The van der Waals surface area contributed by atoms with Gasteiger partial charge in [-0.15, -0.1) is 0 Å². The zero-order chi connectivity index (χ0) is 21.3. The molecule has 0 radical (unpaired) electrons. The van der Waals surface area contributed by atoms with Gasteiger partial charge in [0, 0.05) is 23.6 Å². The molecule has 0 saturated carbocycles. The zero-order valence-corrected chi connectivity index (χ0v) is 21.6. The fourth-order valence-corrected chi connectivity index (χ4v) is 6.32. The van der Waals surface area contributed by atoms with E-state index in [1.165, 1.54) is 11.7 Å². The highest BCUT2D eigenvalue weighted by Crippen LogP contribution is 2.64. The van der Waals surface area contributed by atoms with Crippen LogP contribution in [0.25, 0.3) is 0 Å². The number of hydrogen-bond acceptors (Lipinski definition) is 3. The summed E-state index contributed by atoms with van der Waals surface area (Å²) in [4.78, 5) is 0. The number of aromatic hydroxyl groups is 1. The van der Waals surface area contributed by atoms with Gasteiger partial charge < -0.3 is 9.29 Å². The molecular weight excluding hydrogens is 651 g/mol. The van der Waals surface area contributed by atoms with E-state index in [0.29, 0.717) is 0 Å². The summed E-state index contributed by atoms with van der Waals surface area (Å²) >= 11 is 6.08. The van der Waals surface area contributed by atoms with E-state index in [1.54, 1.807) is 0 Å². The van der Waals surface area contributed by atoms with E-state index in [1.807, 2.05) is 48.5 Å². The number of halogens is 4. The summed E-state index contributed by atoms with van der Waals surface area (Å²) in [6.45, 7) is 0. The van der Waals surface area contributed by atoms with Crippen molar-refractivity contribution in [2.75, 3.05) is 0 Å². The van der Waals surface area contributed by atoms with Crippen LogP contribution in [0.5, 0.6) is 11.5 Å². The van der Waals surface area contributed by atoms with E-state index in [2.05, 4.69) is 44.1 Å². The maximum atomic E-state index is 14.9. The molecule has 0 heterocycles. The van der Waals surface area contributed by atoms with E-state index in [0.717, 1.165) is 47.4 Å². The van der Waals surface area contributed by atoms with Gasteiger partial charge in [-0.25, -0.2) is 8.78 Å². The number of phenolic OH excluding ortho intramolecular Hbond substituents is 1. The van der Waals surface area contributed by atoms with E-state index in [9.17, 15) is 13.9 Å². The van der Waals surface area contributed by atoms with Crippen LogP contribution in [0.2, 0.25) is 0 Å². The van der Waals surface area contributed by atoms with Crippen LogP contribution >= 0.6 is 58.2 Å². The van der Waals surface area contributed by atoms with Crippen LogP contribution in [-0.2, 0) is 6.42 Å². The molecule has 0 aliphatic heterocycles. The number of rotatable bonds is 5. The van der Waals surface area contributed by atoms with E-state index < -0.39 is 23.3 Å². The first-order chi connectivity index (χ1) is 14.4. The standard InChI is InChI=1S/C22H17F2I2O2PS/c23-19-11-15(27)12-20(24)22(19)21-17(13-4-2-1-3-5-13)8-6-14-10-16(7-9-18(14)21)28-30-29(25)26/h1-5,7,9-12,17,21,27H,6,8H2/t17-,21+/m1/s1. The quantitative estimate of drug-likeness (QED) is 0.168. The SMILES string of the molecule is Oc1cc(F)c([C@@H]2c3ccc(OSP(I)I)cc3CC[C@@H]2c2ccccc2)c(F)c1. The van der Waals surface area contributed by atoms with Gasteiger partial charge in [-0.3, -0.25) is 0 Å². The number of fused-ring (bicyclic) bond motifs is 1. The van der Waals surface area contributed by atoms with Crippen molar-refractivity contribution in [3.05, 3.63) is 94.6 Å². The predicted molar refractivity (Wildman–Crippen MR) is 137 cm³/mol. The fourth-order valence-electron chi connectivity index (χ4n) is 4.20. The Kier molecular flexibility index (Phi) is 7.42. The Bertz CT molecular complexity index is 1030. The highest BCUT2D eigenvalue weighted by Gasteiger charge is 2.36. The lowest BCUT2D eigenvalue weighted by Crippen LogP contribution is -2.22. The monoisotopic (exact) mass is 668 g/mol. The van der Waals surface area contributed by atoms with Gasteiger partial charge in [0.1, 0.15) is 37.2 Å². The Balaban J connectivity index is 1.82. The lowest BCUT2D eigenvalue weighted by Gasteiger charge is -2.35. The molecule has 2 nitrogen and oxygen atoms in total. The molecule has 0 spiro atoms. The van der Waals surface area contributed by atoms with Crippen molar-refractivity contribution >= 4 is 58.2 Å². The summed E-state index contributed by atoms with van der Waals surface area (Å²) in [5, 5.41) is 9.64. The smallest absolute Gasteiger partial charge is 0.138 e. The Morgan fingerprint density at radius 1 is 1.00 bits per heavy atom. The lowest BCUT2D eigenvalue weighted by atomic mass is 9.69. The Morgan fingerprint density at radius 2 is 1.70 bits per heavy atom. The number of benzene rings is 3. The third kappa shape index (κ3) is 4.89. The summed E-state index contributed by atoms with van der Waals surface area (Å²) in [7, 11) is 0. The molecule has 0 fully saturated rings. The van der Waals surface area contributed by atoms with Gasteiger partial charge in [-0.05, 0) is 91.7 Å². The van der Waals surface area contributed by atoms with Crippen LogP contribution < -0.4 is 4.18 Å². The topological polar surface area (TPSA) is 29.5 Å². The summed E-state index contributed by atoms with van der Waals surface area (Å²) in [6, 6.07) is 17.6. The highest BCUT2D eigenvalue weighted by atomic mass is 127. The first kappa shape index (κ1) is 22.6. The molecule has 0 bridgehead atoms. The summed E-state index contributed by atoms with van der Waals surface area (Å²) in [5.74, 6) is -1.64. The van der Waals surface area contributed by atoms with Crippen molar-refractivity contribution in [3.63, 3.8) is 0 Å². The van der Waals surface area contributed by atoms with E-state index in [-0.39, 0.29) is 13.9 Å². The van der Waals surface area contributed by atoms with Crippen molar-refractivity contribution in [2.45, 2.75) is 24.7 Å². The van der Waals surface area contributed by atoms with Gasteiger partial charge >= 0.3 is 0 Å². The molecule has 0 aromatic heterocycles. The van der Waals surface area contributed by atoms with Gasteiger partial charge in [-0.1, -0.05) is 36.4 Å². The minimum Gasteiger partial charge on any atom is -0.508 e. The van der Waals surface area contributed by atoms with Crippen LogP contribution in [-0.4, -0.2) is 5.11 Å². The van der Waals surface area contributed by atoms with Crippen molar-refractivity contribution in [3.8, 4) is 11.5 Å². The highest BCUT2D eigenvalue weighted by molar-refractivity contribution is 14.3. The first-order valence-electron chi connectivity index (χ1n) is 9.26. The Labute approximate surface area is 205 Å². The van der Waals surface area contributed by atoms with Crippen LogP contribution in [0.1, 0.15) is 40.5 Å². The molecule has 2 atom stereocenters. The maximum absolute atomic E-state index is 14.9. The van der Waals surface area contributed by atoms with Crippen molar-refractivity contribution in [1.29, 1.82) is 0 Å². The molecule has 0 unspecified atom stereocenters. The average Bonchev–Trinajstić information content (AvgIpc) is 2.72. The first-order valence-corrected chi connectivity index (χ1v) is 17.5. The number of phenols is 1. The van der Waals surface area contributed by atoms with Gasteiger partial charge in [0.2, 0.25) is 0 Å². The molecule has 30 heavy (non-hydrogen) atoms. The number of hydrogen-bond donors (Lipinski definition) is 1. The van der Waals surface area contributed by atoms with Crippen molar-refractivity contribution in [1.82, 2.24) is 0 Å². The lowest BCUT2D eigenvalue weighted by molar-refractivity contribution is 0.441. The molecule has 156 valence electrons. The second-order valence-corrected chi connectivity index (χ2v) is 24.6. The third-order valence-corrected chi connectivity index (χ3v) is 9.20. The molecular formula is C22H17F2I2O2PS. The van der Waals surface area contributed by atoms with Crippen molar-refractivity contribution in [2.24, 2.45) is 0 Å². The maximum Gasteiger partial charge on any atom is 0.138 e. The van der Waals surface area contributed by atoms with Gasteiger partial charge in [-0.2, -0.15) is 0 Å². The Hall–Kier alpha value is -0.640. The molecule has 3 aromatic carbocycles. The zero-order valence-electron chi connectivity index (χ0n) is 15.6. The molecule has 1 aliphatic carbocycles. The van der Waals surface area contributed by atoms with Gasteiger partial charge in [0.25, 0.3) is 0 Å². The molecule has 0 amide bonds. The van der Waals surface area contributed by atoms with E-state index >= 15 is 0 Å². The van der Waals surface area contributed by atoms with E-state index in [4.69, 9.17) is 4.18 Å². The third-order valence-electron chi connectivity index (χ3n) is 5.37. The molecule has 8 heteroatoms. The van der Waals surface area contributed by atoms with Crippen LogP contribution in [0.15, 0.2) is 60.7 Å². The molecule has 1 N–H and O–H groups in total.